The predicted molar refractivity (Wildman–Crippen MR) is 43.7 cm³/mol. The quantitative estimate of drug-likeness (QED) is 0.708. The molecular formula is C8H8F3NO3. The van der Waals surface area contributed by atoms with E-state index < -0.39 is 31.1 Å². The van der Waals surface area contributed by atoms with Crippen molar-refractivity contribution >= 4 is 11.9 Å². The molecule has 0 atom stereocenters. The minimum absolute atomic E-state index is 0.124. The third kappa shape index (κ3) is 4.90. The van der Waals surface area contributed by atoms with Crippen molar-refractivity contribution in [3.8, 4) is 11.8 Å². The second-order valence-electron chi connectivity index (χ2n) is 2.48. The number of hydrogen-bond donors (Lipinski definition) is 1. The van der Waals surface area contributed by atoms with Crippen molar-refractivity contribution in [1.82, 2.24) is 4.90 Å². The monoisotopic (exact) mass is 223 g/mol. The second kappa shape index (κ2) is 5.24. The molecule has 0 spiro atoms. The highest BCUT2D eigenvalue weighted by Gasteiger charge is 2.42. The van der Waals surface area contributed by atoms with Gasteiger partial charge < -0.3 is 10.0 Å². The van der Waals surface area contributed by atoms with Crippen LogP contribution in [0.4, 0.5) is 13.2 Å². The van der Waals surface area contributed by atoms with Crippen LogP contribution in [0, 0.1) is 11.8 Å². The average molecular weight is 223 g/mol. The van der Waals surface area contributed by atoms with Gasteiger partial charge in [0, 0.05) is 0 Å². The van der Waals surface area contributed by atoms with E-state index in [-0.39, 0.29) is 4.90 Å². The van der Waals surface area contributed by atoms with Crippen LogP contribution in [-0.4, -0.2) is 41.1 Å². The lowest BCUT2D eigenvalue weighted by Gasteiger charge is -2.18. The van der Waals surface area contributed by atoms with E-state index in [2.05, 4.69) is 11.8 Å². The van der Waals surface area contributed by atoms with Crippen LogP contribution in [0.1, 0.15) is 6.92 Å². The van der Waals surface area contributed by atoms with Gasteiger partial charge in [-0.15, -0.1) is 5.92 Å². The van der Waals surface area contributed by atoms with Crippen LogP contribution < -0.4 is 0 Å². The molecular weight excluding hydrogens is 215 g/mol. The van der Waals surface area contributed by atoms with Gasteiger partial charge in [-0.3, -0.25) is 9.59 Å². The maximum Gasteiger partial charge on any atom is 0.471 e. The lowest BCUT2D eigenvalue weighted by atomic mass is 10.4. The van der Waals surface area contributed by atoms with Crippen molar-refractivity contribution in [1.29, 1.82) is 0 Å². The fourth-order valence-electron chi connectivity index (χ4n) is 0.717. The maximum atomic E-state index is 11.9. The molecule has 0 bridgehead atoms. The summed E-state index contributed by atoms with van der Waals surface area (Å²) in [7, 11) is 0. The molecule has 1 amide bonds. The minimum Gasteiger partial charge on any atom is -0.480 e. The molecule has 0 heterocycles. The average Bonchev–Trinajstić information content (AvgIpc) is 2.09. The molecule has 0 saturated carbocycles. The Labute approximate surface area is 83.7 Å². The Bertz CT molecular complexity index is 313. The topological polar surface area (TPSA) is 57.6 Å². The molecule has 0 saturated heterocycles. The highest BCUT2D eigenvalue weighted by Crippen LogP contribution is 2.17. The summed E-state index contributed by atoms with van der Waals surface area (Å²) in [4.78, 5) is 21.0. The Balaban J connectivity index is 4.67. The second-order valence-corrected chi connectivity index (χ2v) is 2.48. The van der Waals surface area contributed by atoms with Gasteiger partial charge in [0.2, 0.25) is 0 Å². The van der Waals surface area contributed by atoms with Crippen molar-refractivity contribution in [3.63, 3.8) is 0 Å². The van der Waals surface area contributed by atoms with Crippen molar-refractivity contribution in [2.75, 3.05) is 13.1 Å². The molecule has 4 nitrogen and oxygen atoms in total. The van der Waals surface area contributed by atoms with E-state index in [4.69, 9.17) is 5.11 Å². The lowest BCUT2D eigenvalue weighted by Crippen LogP contribution is -2.43. The lowest BCUT2D eigenvalue weighted by molar-refractivity contribution is -0.185. The van der Waals surface area contributed by atoms with Gasteiger partial charge >= 0.3 is 18.1 Å². The first kappa shape index (κ1) is 13.3. The van der Waals surface area contributed by atoms with Gasteiger partial charge in [-0.1, -0.05) is 5.92 Å². The normalized spacial score (nSPS) is 10.1. The van der Waals surface area contributed by atoms with E-state index in [9.17, 15) is 22.8 Å². The number of carboxylic acids is 1. The summed E-state index contributed by atoms with van der Waals surface area (Å²) in [6.45, 7) is -0.203. The molecule has 0 aliphatic rings. The zero-order valence-electron chi connectivity index (χ0n) is 7.76. The van der Waals surface area contributed by atoms with Crippen LogP contribution in [0.5, 0.6) is 0 Å². The van der Waals surface area contributed by atoms with Gasteiger partial charge in [0.15, 0.2) is 0 Å². The molecule has 0 radical (unpaired) electrons. The van der Waals surface area contributed by atoms with Gasteiger partial charge in [-0.05, 0) is 6.92 Å². The molecule has 0 fully saturated rings. The van der Waals surface area contributed by atoms with Crippen molar-refractivity contribution in [3.05, 3.63) is 0 Å². The van der Waals surface area contributed by atoms with E-state index in [0.717, 1.165) is 0 Å². The first-order chi connectivity index (χ1) is 6.79. The van der Waals surface area contributed by atoms with Crippen LogP contribution in [0.15, 0.2) is 0 Å². The summed E-state index contributed by atoms with van der Waals surface area (Å²) in [5.41, 5.74) is 0. The molecule has 0 rings (SSSR count). The molecule has 7 heteroatoms. The van der Waals surface area contributed by atoms with Crippen LogP contribution in [0.3, 0.4) is 0 Å². The fourth-order valence-corrected chi connectivity index (χ4v) is 0.717. The van der Waals surface area contributed by atoms with Crippen molar-refractivity contribution in [2.24, 2.45) is 0 Å². The number of amides is 1. The van der Waals surface area contributed by atoms with Gasteiger partial charge in [-0.2, -0.15) is 13.2 Å². The summed E-state index contributed by atoms with van der Waals surface area (Å²) in [6, 6.07) is 0. The van der Waals surface area contributed by atoms with E-state index in [1.54, 1.807) is 0 Å². The molecule has 0 aromatic carbocycles. The molecule has 15 heavy (non-hydrogen) atoms. The minimum atomic E-state index is -5.08. The number of nitrogens with zero attached hydrogens (tertiary/aromatic N) is 1. The van der Waals surface area contributed by atoms with Crippen LogP contribution in [0.2, 0.25) is 0 Å². The zero-order chi connectivity index (χ0) is 12.1. The number of halogens is 3. The predicted octanol–water partition coefficient (Wildman–Crippen LogP) is 0.485. The van der Waals surface area contributed by atoms with Crippen LogP contribution >= 0.6 is 0 Å². The fraction of sp³-hybridized carbons (Fsp3) is 0.500. The summed E-state index contributed by atoms with van der Waals surface area (Å²) in [6.07, 6.45) is -5.08. The van der Waals surface area contributed by atoms with E-state index in [0.29, 0.717) is 0 Å². The highest BCUT2D eigenvalue weighted by molar-refractivity contribution is 5.85. The largest absolute Gasteiger partial charge is 0.480 e. The molecule has 0 unspecified atom stereocenters. The summed E-state index contributed by atoms with van der Waals surface area (Å²) >= 11 is 0. The third-order valence-corrected chi connectivity index (χ3v) is 1.30. The first-order valence-corrected chi connectivity index (χ1v) is 3.76. The van der Waals surface area contributed by atoms with Gasteiger partial charge in [0.25, 0.3) is 0 Å². The first-order valence-electron chi connectivity index (χ1n) is 3.76. The maximum absolute atomic E-state index is 11.9. The third-order valence-electron chi connectivity index (χ3n) is 1.30. The Kier molecular flexibility index (Phi) is 4.64. The standard InChI is InChI=1S/C8H8F3NO3/c1-2-3-4-12(5-6(13)14)7(15)8(9,10)11/h4-5H2,1H3,(H,13,14). The highest BCUT2D eigenvalue weighted by atomic mass is 19.4. The summed E-state index contributed by atoms with van der Waals surface area (Å²) in [5, 5.41) is 8.29. The van der Waals surface area contributed by atoms with E-state index in [1.165, 1.54) is 6.92 Å². The van der Waals surface area contributed by atoms with Crippen LogP contribution in [-0.2, 0) is 9.59 Å². The summed E-state index contributed by atoms with van der Waals surface area (Å²) in [5.74, 6) is 0.748. The number of alkyl halides is 3. The van der Waals surface area contributed by atoms with Gasteiger partial charge in [0.1, 0.15) is 6.54 Å². The smallest absolute Gasteiger partial charge is 0.471 e. The summed E-state index contributed by atoms with van der Waals surface area (Å²) < 4.78 is 35.8. The Morgan fingerprint density at radius 1 is 1.40 bits per heavy atom. The van der Waals surface area contributed by atoms with Crippen molar-refractivity contribution < 1.29 is 27.9 Å². The van der Waals surface area contributed by atoms with Crippen LogP contribution in [0.25, 0.3) is 0 Å². The Morgan fingerprint density at radius 3 is 2.27 bits per heavy atom. The molecule has 0 aromatic rings. The molecule has 1 N–H and O–H groups in total. The Hall–Kier alpha value is -1.71. The SMILES string of the molecule is CC#CCN(CC(=O)O)C(=O)C(F)(F)F. The molecule has 0 aromatic heterocycles. The molecule has 84 valence electrons. The molecule has 0 aliphatic heterocycles. The number of rotatable bonds is 3. The number of hydrogen-bond acceptors (Lipinski definition) is 2. The van der Waals surface area contributed by atoms with E-state index in [1.807, 2.05) is 0 Å². The number of carbonyl (C=O) groups excluding carboxylic acids is 1. The zero-order valence-corrected chi connectivity index (χ0v) is 7.76. The van der Waals surface area contributed by atoms with Crippen molar-refractivity contribution in [2.45, 2.75) is 13.1 Å². The number of carbonyl (C=O) groups is 2. The molecule has 0 aliphatic carbocycles. The van der Waals surface area contributed by atoms with E-state index >= 15 is 0 Å². The number of aliphatic carboxylic acids is 1. The number of carboxylic acid groups (broad SMARTS) is 1. The van der Waals surface area contributed by atoms with Gasteiger partial charge in [0.05, 0.1) is 6.54 Å². The Morgan fingerprint density at radius 2 is 1.93 bits per heavy atom. The van der Waals surface area contributed by atoms with Gasteiger partial charge in [-0.25, -0.2) is 0 Å².